The lowest BCUT2D eigenvalue weighted by Crippen LogP contribution is -2.52. The van der Waals surface area contributed by atoms with Crippen LogP contribution in [0.3, 0.4) is 0 Å². The van der Waals surface area contributed by atoms with E-state index < -0.39 is 41.6 Å². The molecule has 0 aliphatic carbocycles. The minimum Gasteiger partial charge on any atom is -0.469 e. The molecule has 53 heavy (non-hydrogen) atoms. The number of fused-ring (bicyclic) bond motifs is 7. The Kier molecular flexibility index (Phi) is 6.64. The summed E-state index contributed by atoms with van der Waals surface area (Å²) in [6, 6.07) is 16.7. The molecular formula is C41H38N6O6. The number of ether oxygens (including phenoxy) is 1. The minimum absolute atomic E-state index is 0.169. The van der Waals surface area contributed by atoms with E-state index in [9.17, 15) is 14.7 Å². The van der Waals surface area contributed by atoms with Gasteiger partial charge in [0.25, 0.3) is 0 Å². The minimum atomic E-state index is -1.28. The number of carbonyl (C=O) groups excluding carboxylic acids is 2. The van der Waals surface area contributed by atoms with Crippen molar-refractivity contribution < 1.29 is 28.3 Å². The highest BCUT2D eigenvalue weighted by Gasteiger charge is 2.61. The van der Waals surface area contributed by atoms with Crippen LogP contribution in [0.25, 0.3) is 44.9 Å². The first-order valence-electron chi connectivity index (χ1n) is 18.1. The molecule has 0 saturated heterocycles. The third-order valence-corrected chi connectivity index (χ3v) is 11.4. The monoisotopic (exact) mass is 710 g/mol. The van der Waals surface area contributed by atoms with Gasteiger partial charge in [-0.2, -0.15) is 0 Å². The fourth-order valence-electron chi connectivity index (χ4n) is 8.67. The molecule has 4 N–H and O–H groups in total. The molecule has 4 aliphatic rings. The number of nitrogens with zero attached hydrogens (tertiary/aromatic N) is 3. The fourth-order valence-corrected chi connectivity index (χ4v) is 8.67. The summed E-state index contributed by atoms with van der Waals surface area (Å²) in [5, 5.41) is 21.4. The molecule has 1 unspecified atom stereocenters. The van der Waals surface area contributed by atoms with Crippen molar-refractivity contribution in [2.75, 3.05) is 5.32 Å². The molecule has 12 heteroatoms. The number of anilines is 1. The molecule has 10 rings (SSSR count). The number of benzene rings is 3. The van der Waals surface area contributed by atoms with E-state index in [0.717, 1.165) is 50.0 Å². The SMILES string of the molecule is CC(C)[C@H](O)C(=O)N[C@H]1Cc2ccc3c(c2)[C@]24c5cccc(c5NC2O3)-c2cccc3c2c(cn3C)-c2cnc(o2)-c2nc(oc24)[C@H](C(C)C)NC1=O. The van der Waals surface area contributed by atoms with Crippen LogP contribution in [0.15, 0.2) is 75.8 Å². The topological polar surface area (TPSA) is 157 Å². The Morgan fingerprint density at radius 3 is 2.64 bits per heavy atom. The lowest BCUT2D eigenvalue weighted by molar-refractivity contribution is -0.135. The van der Waals surface area contributed by atoms with Crippen LogP contribution >= 0.6 is 0 Å². The third-order valence-electron chi connectivity index (χ3n) is 11.4. The van der Waals surface area contributed by atoms with Crippen LogP contribution in [0.5, 0.6) is 5.75 Å². The number of aliphatic hydroxyl groups excluding tert-OH is 1. The Hall–Kier alpha value is -5.88. The average Bonchev–Trinajstić information content (AvgIpc) is 3.96. The number of aliphatic hydroxyl groups is 1. The quantitative estimate of drug-likeness (QED) is 0.177. The van der Waals surface area contributed by atoms with Crippen molar-refractivity contribution in [3.05, 3.63) is 95.3 Å². The third kappa shape index (κ3) is 4.32. The van der Waals surface area contributed by atoms with Gasteiger partial charge in [-0.15, -0.1) is 0 Å². The van der Waals surface area contributed by atoms with Crippen LogP contribution in [0.4, 0.5) is 5.69 Å². The Balaban J connectivity index is 1.28. The van der Waals surface area contributed by atoms with Crippen LogP contribution in [0.1, 0.15) is 62.1 Å². The Bertz CT molecular complexity index is 2530. The van der Waals surface area contributed by atoms with Gasteiger partial charge >= 0.3 is 0 Å². The van der Waals surface area contributed by atoms with Gasteiger partial charge in [-0.3, -0.25) is 9.59 Å². The zero-order valence-electron chi connectivity index (χ0n) is 29.9. The molecule has 268 valence electrons. The van der Waals surface area contributed by atoms with Crippen LogP contribution in [0.2, 0.25) is 0 Å². The van der Waals surface area contributed by atoms with Gasteiger partial charge in [0.05, 0.1) is 6.20 Å². The van der Waals surface area contributed by atoms with E-state index in [1.165, 1.54) is 0 Å². The number of aromatic nitrogens is 3. The normalized spacial score (nSPS) is 22.4. The summed E-state index contributed by atoms with van der Waals surface area (Å²) in [4.78, 5) is 37.3. The van der Waals surface area contributed by atoms with Crippen LogP contribution in [-0.4, -0.2) is 49.8 Å². The number of nitrogens with one attached hydrogen (secondary N) is 3. The fraction of sp³-hybridized carbons (Fsp3) is 0.317. The number of hydrogen-bond donors (Lipinski definition) is 4. The lowest BCUT2D eigenvalue weighted by Gasteiger charge is -2.29. The summed E-state index contributed by atoms with van der Waals surface area (Å²) in [6.07, 6.45) is 2.04. The van der Waals surface area contributed by atoms with Crippen molar-refractivity contribution in [3.8, 4) is 39.8 Å². The maximum atomic E-state index is 14.2. The maximum Gasteiger partial charge on any atom is 0.249 e. The molecule has 1 spiro atoms. The number of para-hydroxylation sites is 1. The van der Waals surface area contributed by atoms with Gasteiger partial charge in [0, 0.05) is 58.5 Å². The second kappa shape index (κ2) is 11.1. The van der Waals surface area contributed by atoms with Gasteiger partial charge < -0.3 is 39.2 Å². The second-order valence-electron chi connectivity index (χ2n) is 15.3. The van der Waals surface area contributed by atoms with Crippen molar-refractivity contribution in [2.45, 2.75) is 63.9 Å². The zero-order valence-corrected chi connectivity index (χ0v) is 29.9. The molecule has 4 aliphatic heterocycles. The molecular weight excluding hydrogens is 672 g/mol. The molecule has 0 fully saturated rings. The number of aryl methyl sites for hydroxylation is 1. The van der Waals surface area contributed by atoms with E-state index in [2.05, 4.69) is 63.1 Å². The summed E-state index contributed by atoms with van der Waals surface area (Å²) in [6.45, 7) is 7.45. The number of rotatable bonds is 4. The summed E-state index contributed by atoms with van der Waals surface area (Å²) in [5.41, 5.74) is 6.78. The summed E-state index contributed by atoms with van der Waals surface area (Å²) in [7, 11) is 2.02. The maximum absolute atomic E-state index is 14.2. The van der Waals surface area contributed by atoms with Crippen molar-refractivity contribution in [3.63, 3.8) is 0 Å². The second-order valence-corrected chi connectivity index (χ2v) is 15.3. The summed E-state index contributed by atoms with van der Waals surface area (Å²) in [5.74, 6) is 0.730. The molecule has 7 heterocycles. The Morgan fingerprint density at radius 2 is 1.83 bits per heavy atom. The first kappa shape index (κ1) is 31.8. The zero-order chi connectivity index (χ0) is 36.5. The van der Waals surface area contributed by atoms with E-state index >= 15 is 0 Å². The highest BCUT2D eigenvalue weighted by Crippen LogP contribution is 2.61. The average molecular weight is 711 g/mol. The molecule has 3 aromatic heterocycles. The van der Waals surface area contributed by atoms with Gasteiger partial charge in [-0.1, -0.05) is 70.2 Å². The summed E-state index contributed by atoms with van der Waals surface area (Å²) < 4.78 is 22.6. The lowest BCUT2D eigenvalue weighted by atomic mass is 9.72. The molecule has 0 saturated carbocycles. The summed E-state index contributed by atoms with van der Waals surface area (Å²) >= 11 is 0. The van der Waals surface area contributed by atoms with Crippen molar-refractivity contribution in [1.29, 1.82) is 0 Å². The van der Waals surface area contributed by atoms with E-state index in [0.29, 0.717) is 23.0 Å². The predicted octanol–water partition coefficient (Wildman–Crippen LogP) is 5.82. The van der Waals surface area contributed by atoms with Crippen LogP contribution in [-0.2, 0) is 28.5 Å². The molecule has 3 aromatic carbocycles. The van der Waals surface area contributed by atoms with E-state index in [1.54, 1.807) is 20.0 Å². The van der Waals surface area contributed by atoms with Crippen LogP contribution in [0, 0.1) is 11.8 Å². The molecule has 10 bridgehead atoms. The van der Waals surface area contributed by atoms with Crippen molar-refractivity contribution in [2.24, 2.45) is 18.9 Å². The highest BCUT2D eigenvalue weighted by atomic mass is 16.5. The van der Waals surface area contributed by atoms with E-state index in [1.807, 2.05) is 39.1 Å². The first-order chi connectivity index (χ1) is 25.5. The Morgan fingerprint density at radius 1 is 1.02 bits per heavy atom. The number of oxazole rings is 2. The molecule has 6 aromatic rings. The number of amides is 2. The molecule has 5 atom stereocenters. The highest BCUT2D eigenvalue weighted by molar-refractivity contribution is 6.08. The van der Waals surface area contributed by atoms with E-state index in [4.69, 9.17) is 23.5 Å². The molecule has 2 amide bonds. The van der Waals surface area contributed by atoms with Gasteiger partial charge in [0.1, 0.15) is 29.4 Å². The van der Waals surface area contributed by atoms with Gasteiger partial charge in [0.15, 0.2) is 23.4 Å². The number of hydrogen-bond acceptors (Lipinski definition) is 9. The van der Waals surface area contributed by atoms with Gasteiger partial charge in [-0.05, 0) is 35.1 Å². The van der Waals surface area contributed by atoms with Crippen molar-refractivity contribution in [1.82, 2.24) is 25.2 Å². The smallest absolute Gasteiger partial charge is 0.249 e. The van der Waals surface area contributed by atoms with Gasteiger partial charge in [-0.25, -0.2) is 9.97 Å². The Labute approximate surface area is 304 Å². The van der Waals surface area contributed by atoms with Crippen LogP contribution < -0.4 is 20.7 Å². The predicted molar refractivity (Wildman–Crippen MR) is 196 cm³/mol. The number of carbonyl (C=O) groups is 2. The van der Waals surface area contributed by atoms with Gasteiger partial charge in [0.2, 0.25) is 23.6 Å². The first-order valence-corrected chi connectivity index (χ1v) is 18.1. The standard InChI is InChI=1S/C41H38N6O6/c1-18(2)31-39-45-33-35(53-39)41-24-10-6-9-22(21-8-7-11-27-30(21)23(17-47(27)5)29-16-42-38(33)51-29)32(24)46-40(41)52-28-13-12-20(14-25(28)41)15-26(36(49)44-31)43-37(50)34(48)19(3)4/h6-14,16-19,26,31,34,40,46,48H,15H2,1-5H3,(H,43,50)(H,44,49)/t26-,31-,34-,40?,41-/m0/s1. The molecule has 12 nitrogen and oxygen atoms in total. The largest absolute Gasteiger partial charge is 0.469 e. The van der Waals surface area contributed by atoms with Crippen molar-refractivity contribution >= 4 is 28.4 Å². The van der Waals surface area contributed by atoms with E-state index in [-0.39, 0.29) is 30.0 Å². The molecule has 0 radical (unpaired) electrons.